The first-order valence-corrected chi connectivity index (χ1v) is 18.4. The number of carbonyl (C=O) groups excluding carboxylic acids is 1. The number of aliphatic imine (C=N–C) groups is 1. The zero-order valence-corrected chi connectivity index (χ0v) is 30.7. The Balaban J connectivity index is 1.21. The van der Waals surface area contributed by atoms with Crippen molar-refractivity contribution in [2.75, 3.05) is 31.0 Å². The Labute approximate surface area is 302 Å². The van der Waals surface area contributed by atoms with E-state index in [1.807, 2.05) is 36.0 Å². The third kappa shape index (κ3) is 10.4. The van der Waals surface area contributed by atoms with Gasteiger partial charge in [-0.3, -0.25) is 9.48 Å². The summed E-state index contributed by atoms with van der Waals surface area (Å²) in [7, 11) is 1.61. The summed E-state index contributed by atoms with van der Waals surface area (Å²) in [6.07, 6.45) is 17.2. The molecular formula is C42H52FN5O3. The molecule has 3 aromatic rings. The number of nitrogens with zero attached hydrogens (tertiary/aromatic N) is 3. The van der Waals surface area contributed by atoms with Gasteiger partial charge in [0.15, 0.2) is 0 Å². The third-order valence-corrected chi connectivity index (χ3v) is 9.79. The van der Waals surface area contributed by atoms with E-state index in [2.05, 4.69) is 48.3 Å². The maximum atomic E-state index is 15.0. The second-order valence-electron chi connectivity index (χ2n) is 13.6. The Bertz CT molecular complexity index is 1810. The number of anilines is 2. The lowest BCUT2D eigenvalue weighted by molar-refractivity contribution is 0.0659. The van der Waals surface area contributed by atoms with Gasteiger partial charge in [-0.25, -0.2) is 9.38 Å². The number of benzene rings is 2. The monoisotopic (exact) mass is 693 g/mol. The molecule has 1 aromatic heterocycles. The van der Waals surface area contributed by atoms with Crippen LogP contribution >= 0.6 is 0 Å². The summed E-state index contributed by atoms with van der Waals surface area (Å²) in [5, 5.41) is 10.9. The van der Waals surface area contributed by atoms with Crippen molar-refractivity contribution < 1.29 is 18.7 Å². The molecule has 1 saturated heterocycles. The number of hydrogen-bond acceptors (Lipinski definition) is 6. The third-order valence-electron chi connectivity index (χ3n) is 9.79. The van der Waals surface area contributed by atoms with Gasteiger partial charge >= 0.3 is 0 Å². The number of methoxy groups -OCH3 is 1. The van der Waals surface area contributed by atoms with Crippen molar-refractivity contribution in [1.29, 1.82) is 0 Å². The predicted octanol–water partition coefficient (Wildman–Crippen LogP) is 9.43. The van der Waals surface area contributed by atoms with Crippen molar-refractivity contribution in [2.45, 2.75) is 91.5 Å². The summed E-state index contributed by atoms with van der Waals surface area (Å²) in [5.41, 5.74) is 4.74. The Morgan fingerprint density at radius 2 is 1.94 bits per heavy atom. The number of halogens is 1. The molecule has 0 radical (unpaired) electrons. The molecule has 0 bridgehead atoms. The van der Waals surface area contributed by atoms with E-state index < -0.39 is 0 Å². The fourth-order valence-corrected chi connectivity index (χ4v) is 6.52. The smallest absolute Gasteiger partial charge is 0.256 e. The van der Waals surface area contributed by atoms with E-state index in [1.165, 1.54) is 31.7 Å². The number of ether oxygens (including phenoxy) is 2. The number of allylic oxidation sites excluding steroid dienone is 2. The van der Waals surface area contributed by atoms with Crippen molar-refractivity contribution in [2.24, 2.45) is 16.8 Å². The molecule has 0 saturated carbocycles. The van der Waals surface area contributed by atoms with E-state index in [-0.39, 0.29) is 23.7 Å². The molecule has 2 N–H and O–H groups in total. The Hall–Kier alpha value is -4.68. The van der Waals surface area contributed by atoms with Crippen LogP contribution in [0.25, 0.3) is 0 Å². The quantitative estimate of drug-likeness (QED) is 0.138. The topological polar surface area (TPSA) is 89.8 Å². The number of aromatic nitrogens is 2. The van der Waals surface area contributed by atoms with Gasteiger partial charge in [0.1, 0.15) is 17.3 Å². The van der Waals surface area contributed by atoms with Gasteiger partial charge in [-0.05, 0) is 80.0 Å². The largest absolute Gasteiger partial charge is 0.478 e. The average Bonchev–Trinajstić information content (AvgIpc) is 3.47. The molecular weight excluding hydrogens is 641 g/mol. The van der Waals surface area contributed by atoms with Crippen molar-refractivity contribution in [3.63, 3.8) is 0 Å². The van der Waals surface area contributed by atoms with Crippen LogP contribution in [0.15, 0.2) is 71.5 Å². The minimum absolute atomic E-state index is 0.00606. The van der Waals surface area contributed by atoms with Crippen molar-refractivity contribution in [3.8, 4) is 17.7 Å². The summed E-state index contributed by atoms with van der Waals surface area (Å²) in [4.78, 5) is 17.9. The van der Waals surface area contributed by atoms with Crippen LogP contribution in [0.2, 0.25) is 0 Å². The van der Waals surface area contributed by atoms with Crippen LogP contribution in [-0.4, -0.2) is 41.8 Å². The van der Waals surface area contributed by atoms with Crippen molar-refractivity contribution >= 4 is 23.1 Å². The molecule has 1 amide bonds. The molecule has 2 aliphatic heterocycles. The highest BCUT2D eigenvalue weighted by molar-refractivity contribution is 6.04. The first-order chi connectivity index (χ1) is 24.8. The fraction of sp³-hybridized carbons (Fsp3) is 0.452. The van der Waals surface area contributed by atoms with Gasteiger partial charge in [-0.2, -0.15) is 0 Å². The highest BCUT2D eigenvalue weighted by atomic mass is 19.1. The zero-order valence-electron chi connectivity index (χ0n) is 30.7. The van der Waals surface area contributed by atoms with Crippen LogP contribution in [0.3, 0.4) is 0 Å². The van der Waals surface area contributed by atoms with Crippen molar-refractivity contribution in [3.05, 3.63) is 94.6 Å². The maximum Gasteiger partial charge on any atom is 0.256 e. The normalized spacial score (nSPS) is 16.7. The van der Waals surface area contributed by atoms with Gasteiger partial charge in [-0.15, -0.1) is 5.10 Å². The lowest BCUT2D eigenvalue weighted by Crippen LogP contribution is -2.20. The molecule has 1 fully saturated rings. The van der Waals surface area contributed by atoms with Gasteiger partial charge in [0.2, 0.25) is 0 Å². The van der Waals surface area contributed by atoms with Gasteiger partial charge in [0.05, 0.1) is 19.3 Å². The molecule has 2 aromatic carbocycles. The molecule has 9 heteroatoms. The van der Waals surface area contributed by atoms with E-state index in [1.54, 1.807) is 37.6 Å². The van der Waals surface area contributed by atoms with Gasteiger partial charge in [0, 0.05) is 47.7 Å². The number of aryl methyl sites for hydroxylation is 2. The number of rotatable bonds is 13. The Morgan fingerprint density at radius 1 is 1.12 bits per heavy atom. The second-order valence-corrected chi connectivity index (χ2v) is 13.6. The van der Waals surface area contributed by atoms with Gasteiger partial charge in [-0.1, -0.05) is 82.9 Å². The van der Waals surface area contributed by atoms with Gasteiger partial charge < -0.3 is 20.1 Å². The van der Waals surface area contributed by atoms with E-state index >= 15 is 0 Å². The minimum Gasteiger partial charge on any atom is -0.478 e. The molecule has 0 spiro atoms. The van der Waals surface area contributed by atoms with Crippen LogP contribution in [0.1, 0.15) is 105 Å². The summed E-state index contributed by atoms with van der Waals surface area (Å²) in [5.74, 6) is 7.86. The average molecular weight is 694 g/mol. The molecule has 270 valence electrons. The lowest BCUT2D eigenvalue weighted by Gasteiger charge is -2.22. The van der Waals surface area contributed by atoms with Crippen LogP contribution in [0.5, 0.6) is 5.88 Å². The summed E-state index contributed by atoms with van der Waals surface area (Å²) >= 11 is 0. The van der Waals surface area contributed by atoms with Crippen LogP contribution < -0.4 is 15.4 Å². The summed E-state index contributed by atoms with van der Waals surface area (Å²) in [6.45, 7) is 9.95. The van der Waals surface area contributed by atoms with E-state index in [9.17, 15) is 9.18 Å². The molecule has 8 nitrogen and oxygen atoms in total. The SMILES string of the molecule is CCCC(CC)CCCCc1ccc(NC(=O)c2ccc(C)c(C#CC3=CN=C(Nc4cn(C5CCOCC5)nc4OC)[C@H](C)C=C3)c2)cc1F. The molecule has 0 aliphatic carbocycles. The molecule has 2 atom stereocenters. The highest BCUT2D eigenvalue weighted by Gasteiger charge is 2.21. The van der Waals surface area contributed by atoms with Gasteiger partial charge in [0.25, 0.3) is 11.8 Å². The number of amides is 1. The van der Waals surface area contributed by atoms with E-state index in [0.29, 0.717) is 29.1 Å². The first-order valence-electron chi connectivity index (χ1n) is 18.4. The standard InChI is InChI=1S/C42H52FN5O3/c1-6-10-31(7-2)11-8-9-12-33-19-20-36(26-38(33)43)45-41(49)35-17-14-29(3)34(25-35)18-16-32-15-13-30(4)40(44-27-32)46-39-28-48(47-42(39)50-5)37-21-23-51-24-22-37/h13-15,17,19-20,25-28,30-31,37H,6-12,21-24H2,1-5H3,(H,44,46)(H,45,49)/t30-,31?/m1/s1. The Kier molecular flexibility index (Phi) is 13.6. The summed E-state index contributed by atoms with van der Waals surface area (Å²) in [6, 6.07) is 10.7. The van der Waals surface area contributed by atoms with E-state index in [4.69, 9.17) is 14.5 Å². The lowest BCUT2D eigenvalue weighted by atomic mass is 9.93. The fourth-order valence-electron chi connectivity index (χ4n) is 6.52. The molecule has 2 aliphatic rings. The Morgan fingerprint density at radius 3 is 2.69 bits per heavy atom. The van der Waals surface area contributed by atoms with Crippen LogP contribution in [0.4, 0.5) is 15.8 Å². The zero-order chi connectivity index (χ0) is 36.2. The first kappa shape index (κ1) is 37.6. The highest BCUT2D eigenvalue weighted by Crippen LogP contribution is 2.29. The second kappa shape index (κ2) is 18.5. The predicted molar refractivity (Wildman–Crippen MR) is 204 cm³/mol. The number of carbonyl (C=O) groups is 1. The van der Waals surface area contributed by atoms with Crippen LogP contribution in [0, 0.1) is 36.4 Å². The molecule has 3 heterocycles. The summed E-state index contributed by atoms with van der Waals surface area (Å²) < 4.78 is 28.0. The van der Waals surface area contributed by atoms with E-state index in [0.717, 1.165) is 73.0 Å². The number of hydrogen-bond donors (Lipinski definition) is 2. The van der Waals surface area contributed by atoms with Crippen molar-refractivity contribution in [1.82, 2.24) is 9.78 Å². The molecule has 1 unspecified atom stereocenters. The van der Waals surface area contributed by atoms with Crippen LogP contribution in [-0.2, 0) is 11.2 Å². The molecule has 5 rings (SSSR count). The number of nitrogens with one attached hydrogen (secondary N) is 2. The molecule has 51 heavy (non-hydrogen) atoms. The minimum atomic E-state index is -0.315. The number of unbranched alkanes of at least 4 members (excludes halogenated alkanes) is 1. The maximum absolute atomic E-state index is 15.0. The number of amidine groups is 1.